The third-order valence-electron chi connectivity index (χ3n) is 4.83. The van der Waals surface area contributed by atoms with Crippen LogP contribution in [-0.4, -0.2) is 28.2 Å². The lowest BCUT2D eigenvalue weighted by Crippen LogP contribution is -2.37. The standard InChI is InChI=1S/C22H23FN2O2/c1-3-24(15-17-7-6-9-19(23)13-17)22(27)14-21-20-10-5-4-8-18(20)11-12-25(21)16(2)26/h4-13,21H,3,14-15H2,1-2H3/t21-/m0/s1. The van der Waals surface area contributed by atoms with Gasteiger partial charge in [-0.3, -0.25) is 9.59 Å². The minimum absolute atomic E-state index is 0.0666. The first-order chi connectivity index (χ1) is 13.0. The first-order valence-electron chi connectivity index (χ1n) is 9.08. The molecule has 1 aliphatic heterocycles. The topological polar surface area (TPSA) is 40.6 Å². The van der Waals surface area contributed by atoms with Crippen LogP contribution < -0.4 is 0 Å². The SMILES string of the molecule is CCN(Cc1cccc(F)c1)C(=O)C[C@H]1c2ccccc2C=CN1C(C)=O. The van der Waals surface area contributed by atoms with E-state index < -0.39 is 0 Å². The van der Waals surface area contributed by atoms with E-state index in [4.69, 9.17) is 0 Å². The molecule has 0 saturated heterocycles. The average Bonchev–Trinajstić information content (AvgIpc) is 2.66. The maximum absolute atomic E-state index is 13.4. The van der Waals surface area contributed by atoms with Crippen molar-refractivity contribution in [2.75, 3.05) is 6.54 Å². The van der Waals surface area contributed by atoms with Crippen LogP contribution in [0.2, 0.25) is 0 Å². The first kappa shape index (κ1) is 18.8. The highest BCUT2D eigenvalue weighted by atomic mass is 19.1. The summed E-state index contributed by atoms with van der Waals surface area (Å²) in [4.78, 5) is 28.4. The summed E-state index contributed by atoms with van der Waals surface area (Å²) >= 11 is 0. The number of hydrogen-bond acceptors (Lipinski definition) is 2. The van der Waals surface area contributed by atoms with E-state index in [2.05, 4.69) is 0 Å². The van der Waals surface area contributed by atoms with Crippen LogP contribution in [0.25, 0.3) is 6.08 Å². The number of carbonyl (C=O) groups is 2. The molecule has 1 aliphatic rings. The Labute approximate surface area is 158 Å². The summed E-state index contributed by atoms with van der Waals surface area (Å²) in [5.41, 5.74) is 2.73. The molecular weight excluding hydrogens is 343 g/mol. The Hall–Kier alpha value is -2.95. The molecule has 4 nitrogen and oxygen atoms in total. The smallest absolute Gasteiger partial charge is 0.225 e. The molecule has 0 aromatic heterocycles. The lowest BCUT2D eigenvalue weighted by Gasteiger charge is -2.33. The van der Waals surface area contributed by atoms with Gasteiger partial charge in [0, 0.05) is 26.2 Å². The van der Waals surface area contributed by atoms with Crippen molar-refractivity contribution in [1.82, 2.24) is 9.80 Å². The maximum atomic E-state index is 13.4. The Morgan fingerprint density at radius 2 is 1.93 bits per heavy atom. The molecule has 0 radical (unpaired) electrons. The van der Waals surface area contributed by atoms with Crippen LogP contribution in [0.1, 0.15) is 43.0 Å². The van der Waals surface area contributed by atoms with Crippen LogP contribution >= 0.6 is 0 Å². The van der Waals surface area contributed by atoms with Gasteiger partial charge in [-0.25, -0.2) is 4.39 Å². The van der Waals surface area contributed by atoms with Crippen LogP contribution in [0, 0.1) is 5.82 Å². The second kappa shape index (κ2) is 8.16. The van der Waals surface area contributed by atoms with Crippen molar-refractivity contribution in [3.8, 4) is 0 Å². The maximum Gasteiger partial charge on any atom is 0.225 e. The molecule has 27 heavy (non-hydrogen) atoms. The van der Waals surface area contributed by atoms with E-state index in [1.54, 1.807) is 28.1 Å². The summed E-state index contributed by atoms with van der Waals surface area (Å²) in [5, 5.41) is 0. The van der Waals surface area contributed by atoms with Crippen molar-refractivity contribution < 1.29 is 14.0 Å². The molecule has 1 atom stereocenters. The van der Waals surface area contributed by atoms with Crippen LogP contribution in [0.3, 0.4) is 0 Å². The number of nitrogens with zero attached hydrogens (tertiary/aromatic N) is 2. The fourth-order valence-corrected chi connectivity index (χ4v) is 3.44. The summed E-state index contributed by atoms with van der Waals surface area (Å²) in [5.74, 6) is -0.486. The largest absolute Gasteiger partial charge is 0.339 e. The number of fused-ring (bicyclic) bond motifs is 1. The zero-order chi connectivity index (χ0) is 19.4. The third-order valence-corrected chi connectivity index (χ3v) is 4.83. The van der Waals surface area contributed by atoms with E-state index >= 15 is 0 Å². The van der Waals surface area contributed by atoms with Gasteiger partial charge in [0.15, 0.2) is 0 Å². The molecule has 0 spiro atoms. The van der Waals surface area contributed by atoms with Gasteiger partial charge in [-0.05, 0) is 41.8 Å². The fraction of sp³-hybridized carbons (Fsp3) is 0.273. The quantitative estimate of drug-likeness (QED) is 0.798. The second-order valence-corrected chi connectivity index (χ2v) is 6.63. The van der Waals surface area contributed by atoms with Gasteiger partial charge in [0.1, 0.15) is 5.82 Å². The first-order valence-corrected chi connectivity index (χ1v) is 9.08. The highest BCUT2D eigenvalue weighted by Crippen LogP contribution is 2.33. The number of carbonyl (C=O) groups excluding carboxylic acids is 2. The number of amides is 2. The van der Waals surface area contributed by atoms with Gasteiger partial charge < -0.3 is 9.80 Å². The van der Waals surface area contributed by atoms with Gasteiger partial charge in [0.2, 0.25) is 11.8 Å². The lowest BCUT2D eigenvalue weighted by molar-refractivity contribution is -0.135. The van der Waals surface area contributed by atoms with Crippen molar-refractivity contribution in [2.24, 2.45) is 0 Å². The fourth-order valence-electron chi connectivity index (χ4n) is 3.44. The van der Waals surface area contributed by atoms with Crippen molar-refractivity contribution in [1.29, 1.82) is 0 Å². The number of halogens is 1. The van der Waals surface area contributed by atoms with Gasteiger partial charge in [-0.1, -0.05) is 36.4 Å². The lowest BCUT2D eigenvalue weighted by atomic mass is 9.93. The second-order valence-electron chi connectivity index (χ2n) is 6.63. The summed E-state index contributed by atoms with van der Waals surface area (Å²) < 4.78 is 13.4. The van der Waals surface area contributed by atoms with Crippen LogP contribution in [0.5, 0.6) is 0 Å². The zero-order valence-corrected chi connectivity index (χ0v) is 15.6. The van der Waals surface area contributed by atoms with Crippen molar-refractivity contribution in [2.45, 2.75) is 32.9 Å². The average molecular weight is 366 g/mol. The van der Waals surface area contributed by atoms with E-state index in [1.807, 2.05) is 37.3 Å². The number of rotatable bonds is 5. The highest BCUT2D eigenvalue weighted by molar-refractivity contribution is 5.82. The molecule has 5 heteroatoms. The van der Waals surface area contributed by atoms with E-state index in [0.29, 0.717) is 13.1 Å². The van der Waals surface area contributed by atoms with Gasteiger partial charge in [-0.2, -0.15) is 0 Å². The molecular formula is C22H23FN2O2. The predicted octanol–water partition coefficient (Wildman–Crippen LogP) is 4.14. The Morgan fingerprint density at radius 1 is 1.15 bits per heavy atom. The zero-order valence-electron chi connectivity index (χ0n) is 15.6. The molecule has 1 heterocycles. The van der Waals surface area contributed by atoms with Crippen LogP contribution in [0.4, 0.5) is 4.39 Å². The van der Waals surface area contributed by atoms with Crippen LogP contribution in [0.15, 0.2) is 54.7 Å². The van der Waals surface area contributed by atoms with E-state index in [0.717, 1.165) is 16.7 Å². The molecule has 0 unspecified atom stereocenters. The van der Waals surface area contributed by atoms with Crippen molar-refractivity contribution in [3.05, 3.63) is 77.2 Å². The molecule has 2 aromatic carbocycles. The molecule has 0 saturated carbocycles. The summed E-state index contributed by atoms with van der Waals surface area (Å²) in [6, 6.07) is 13.7. The van der Waals surface area contributed by atoms with Gasteiger partial charge >= 0.3 is 0 Å². The minimum Gasteiger partial charge on any atom is -0.339 e. The molecule has 0 bridgehead atoms. The van der Waals surface area contributed by atoms with Gasteiger partial charge in [0.25, 0.3) is 0 Å². The van der Waals surface area contributed by atoms with Crippen molar-refractivity contribution >= 4 is 17.9 Å². The summed E-state index contributed by atoms with van der Waals surface area (Å²) in [7, 11) is 0. The molecule has 2 aromatic rings. The molecule has 3 rings (SSSR count). The normalized spacial score (nSPS) is 15.4. The van der Waals surface area contributed by atoms with E-state index in [-0.39, 0.29) is 30.1 Å². The number of hydrogen-bond donors (Lipinski definition) is 0. The van der Waals surface area contributed by atoms with Crippen LogP contribution in [-0.2, 0) is 16.1 Å². The Balaban J connectivity index is 1.81. The molecule has 140 valence electrons. The summed E-state index contributed by atoms with van der Waals surface area (Å²) in [6.07, 6.45) is 3.82. The monoisotopic (exact) mass is 366 g/mol. The Kier molecular flexibility index (Phi) is 5.69. The molecule has 0 aliphatic carbocycles. The molecule has 0 N–H and O–H groups in total. The van der Waals surface area contributed by atoms with E-state index in [1.165, 1.54) is 19.1 Å². The molecule has 2 amide bonds. The predicted molar refractivity (Wildman–Crippen MR) is 103 cm³/mol. The van der Waals surface area contributed by atoms with Gasteiger partial charge in [-0.15, -0.1) is 0 Å². The minimum atomic E-state index is -0.335. The number of benzene rings is 2. The van der Waals surface area contributed by atoms with E-state index in [9.17, 15) is 14.0 Å². The Morgan fingerprint density at radius 3 is 2.63 bits per heavy atom. The van der Waals surface area contributed by atoms with Gasteiger partial charge in [0.05, 0.1) is 12.5 Å². The van der Waals surface area contributed by atoms with Crippen molar-refractivity contribution in [3.63, 3.8) is 0 Å². The Bertz CT molecular complexity index is 878. The summed E-state index contributed by atoms with van der Waals surface area (Å²) in [6.45, 7) is 4.26. The highest BCUT2D eigenvalue weighted by Gasteiger charge is 2.29. The third kappa shape index (κ3) is 4.25. The molecule has 0 fully saturated rings.